The fraction of sp³-hybridized carbons (Fsp3) is 0.444. The summed E-state index contributed by atoms with van der Waals surface area (Å²) in [5, 5.41) is 0. The number of hydrogen-bond acceptors (Lipinski definition) is 3. The van der Waals surface area contributed by atoms with Crippen LogP contribution in [-0.4, -0.2) is 18.9 Å². The molecule has 0 aromatic rings. The average Bonchev–Trinajstić information content (AvgIpc) is 2.03. The van der Waals surface area contributed by atoms with E-state index in [2.05, 4.69) is 13.2 Å². The number of rotatable bonds is 5. The Balaban J connectivity index is 3.93. The minimum absolute atomic E-state index is 0.349. The molecule has 0 saturated heterocycles. The van der Waals surface area contributed by atoms with Crippen LogP contribution in [0.15, 0.2) is 24.8 Å². The number of carbonyl (C=O) groups excluding carboxylic acids is 1. The zero-order valence-corrected chi connectivity index (χ0v) is 7.50. The average molecular weight is 170 g/mol. The molecule has 0 rings (SSSR count). The molecule has 12 heavy (non-hydrogen) atoms. The fourth-order valence-electron chi connectivity index (χ4n) is 0.521. The molecule has 0 N–H and O–H groups in total. The van der Waals surface area contributed by atoms with Crippen molar-refractivity contribution >= 4 is 5.97 Å². The third-order valence-corrected chi connectivity index (χ3v) is 1.10. The van der Waals surface area contributed by atoms with Crippen LogP contribution in [-0.2, 0) is 14.3 Å². The number of hydrogen-bond donors (Lipinski definition) is 0. The summed E-state index contributed by atoms with van der Waals surface area (Å²) in [5.74, 6) is -0.464. The van der Waals surface area contributed by atoms with Crippen LogP contribution in [0, 0.1) is 0 Å². The van der Waals surface area contributed by atoms with Gasteiger partial charge in [-0.05, 0) is 19.9 Å². The van der Waals surface area contributed by atoms with Crippen molar-refractivity contribution in [3.05, 3.63) is 24.8 Å². The van der Waals surface area contributed by atoms with Crippen LogP contribution in [0.5, 0.6) is 0 Å². The van der Waals surface area contributed by atoms with Gasteiger partial charge in [0, 0.05) is 12.2 Å². The normalized spacial score (nSPS) is 11.8. The minimum Gasteiger partial charge on any atom is -0.429 e. The van der Waals surface area contributed by atoms with E-state index in [-0.39, 0.29) is 0 Å². The maximum absolute atomic E-state index is 10.9. The van der Waals surface area contributed by atoms with Crippen LogP contribution in [0.3, 0.4) is 0 Å². The molecule has 0 aliphatic carbocycles. The molecule has 1 atom stereocenters. The second-order valence-corrected chi connectivity index (χ2v) is 2.25. The predicted octanol–water partition coefficient (Wildman–Crippen LogP) is 1.65. The third-order valence-electron chi connectivity index (χ3n) is 1.10. The lowest BCUT2D eigenvalue weighted by Crippen LogP contribution is -2.19. The van der Waals surface area contributed by atoms with Crippen LogP contribution < -0.4 is 0 Å². The Hall–Kier alpha value is -1.09. The van der Waals surface area contributed by atoms with Gasteiger partial charge in [0.1, 0.15) is 0 Å². The molecular weight excluding hydrogens is 156 g/mol. The maximum atomic E-state index is 10.9. The highest BCUT2D eigenvalue weighted by molar-refractivity contribution is 5.87. The molecule has 0 fully saturated rings. The molecule has 3 heteroatoms. The summed E-state index contributed by atoms with van der Waals surface area (Å²) >= 11 is 0. The van der Waals surface area contributed by atoms with Gasteiger partial charge in [-0.15, -0.1) is 0 Å². The first-order valence-electron chi connectivity index (χ1n) is 3.72. The molecule has 68 valence electrons. The minimum atomic E-state index is -0.667. The Bertz CT molecular complexity index is 184. The van der Waals surface area contributed by atoms with E-state index in [4.69, 9.17) is 9.47 Å². The summed E-state index contributed by atoms with van der Waals surface area (Å²) in [4.78, 5) is 10.9. The van der Waals surface area contributed by atoms with Gasteiger partial charge in [-0.1, -0.05) is 13.2 Å². The first-order chi connectivity index (χ1) is 5.61. The molecule has 0 spiro atoms. The van der Waals surface area contributed by atoms with Gasteiger partial charge >= 0.3 is 5.97 Å². The highest BCUT2D eigenvalue weighted by Gasteiger charge is 2.10. The van der Waals surface area contributed by atoms with E-state index in [9.17, 15) is 4.79 Å². The Kier molecular flexibility index (Phi) is 5.04. The van der Waals surface area contributed by atoms with Crippen molar-refractivity contribution < 1.29 is 14.3 Å². The highest BCUT2D eigenvalue weighted by atomic mass is 16.7. The molecule has 0 aliphatic rings. The molecule has 0 aliphatic heterocycles. The monoisotopic (exact) mass is 170 g/mol. The Morgan fingerprint density at radius 3 is 2.58 bits per heavy atom. The largest absolute Gasteiger partial charge is 0.429 e. The van der Waals surface area contributed by atoms with Gasteiger partial charge in [-0.2, -0.15) is 0 Å². The first-order valence-corrected chi connectivity index (χ1v) is 3.72. The maximum Gasteiger partial charge on any atom is 0.335 e. The quantitative estimate of drug-likeness (QED) is 0.272. The molecule has 0 bridgehead atoms. The molecule has 0 saturated carbocycles. The summed E-state index contributed by atoms with van der Waals surface area (Å²) in [6.07, 6.45) is 0.754. The van der Waals surface area contributed by atoms with Crippen molar-refractivity contribution in [1.29, 1.82) is 0 Å². The lowest BCUT2D eigenvalue weighted by molar-refractivity contribution is -0.163. The van der Waals surface area contributed by atoms with Crippen molar-refractivity contribution in [2.24, 2.45) is 0 Å². The Morgan fingerprint density at radius 2 is 2.25 bits per heavy atom. The van der Waals surface area contributed by atoms with Crippen molar-refractivity contribution in [2.75, 3.05) is 6.61 Å². The summed E-state index contributed by atoms with van der Waals surface area (Å²) in [5.41, 5.74) is 0.349. The van der Waals surface area contributed by atoms with Crippen LogP contribution in [0.1, 0.15) is 13.8 Å². The SMILES string of the molecule is C=CC(OCC)OC(=O)C(=C)C. The number of carbonyl (C=O) groups is 1. The van der Waals surface area contributed by atoms with E-state index in [1.165, 1.54) is 6.08 Å². The zero-order chi connectivity index (χ0) is 9.56. The van der Waals surface area contributed by atoms with Crippen molar-refractivity contribution in [1.82, 2.24) is 0 Å². The van der Waals surface area contributed by atoms with Crippen LogP contribution in [0.4, 0.5) is 0 Å². The van der Waals surface area contributed by atoms with Gasteiger partial charge in [0.2, 0.25) is 6.29 Å². The van der Waals surface area contributed by atoms with Crippen molar-refractivity contribution in [3.8, 4) is 0 Å². The van der Waals surface area contributed by atoms with E-state index >= 15 is 0 Å². The summed E-state index contributed by atoms with van der Waals surface area (Å²) < 4.78 is 9.83. The molecule has 0 heterocycles. The fourth-order valence-corrected chi connectivity index (χ4v) is 0.521. The first kappa shape index (κ1) is 10.9. The number of ether oxygens (including phenoxy) is 2. The van der Waals surface area contributed by atoms with Gasteiger partial charge in [0.15, 0.2) is 0 Å². The molecule has 0 radical (unpaired) electrons. The van der Waals surface area contributed by atoms with Gasteiger partial charge < -0.3 is 9.47 Å². The lowest BCUT2D eigenvalue weighted by Gasteiger charge is -2.12. The van der Waals surface area contributed by atoms with Crippen LogP contribution in [0.2, 0.25) is 0 Å². The summed E-state index contributed by atoms with van der Waals surface area (Å²) in [6, 6.07) is 0. The number of esters is 1. The van der Waals surface area contributed by atoms with E-state index in [0.717, 1.165) is 0 Å². The predicted molar refractivity (Wildman–Crippen MR) is 46.5 cm³/mol. The van der Waals surface area contributed by atoms with Crippen molar-refractivity contribution in [3.63, 3.8) is 0 Å². The highest BCUT2D eigenvalue weighted by Crippen LogP contribution is 2.00. The summed E-state index contributed by atoms with van der Waals surface area (Å²) in [7, 11) is 0. The molecule has 0 amide bonds. The van der Waals surface area contributed by atoms with Crippen LogP contribution in [0.25, 0.3) is 0 Å². The zero-order valence-electron chi connectivity index (χ0n) is 7.50. The van der Waals surface area contributed by atoms with Gasteiger partial charge in [0.25, 0.3) is 0 Å². The van der Waals surface area contributed by atoms with E-state index in [0.29, 0.717) is 12.2 Å². The molecule has 1 unspecified atom stereocenters. The van der Waals surface area contributed by atoms with E-state index < -0.39 is 12.3 Å². The summed E-state index contributed by atoms with van der Waals surface area (Å²) in [6.45, 7) is 10.8. The van der Waals surface area contributed by atoms with E-state index in [1.807, 2.05) is 6.92 Å². The lowest BCUT2D eigenvalue weighted by atomic mass is 10.4. The Morgan fingerprint density at radius 1 is 1.67 bits per heavy atom. The smallest absolute Gasteiger partial charge is 0.335 e. The molecular formula is C9H14O3. The van der Waals surface area contributed by atoms with Gasteiger partial charge in [0.05, 0.1) is 0 Å². The van der Waals surface area contributed by atoms with Crippen LogP contribution >= 0.6 is 0 Å². The Labute approximate surface area is 72.7 Å². The molecule has 0 aromatic carbocycles. The topological polar surface area (TPSA) is 35.5 Å². The molecule has 0 aromatic heterocycles. The van der Waals surface area contributed by atoms with Gasteiger partial charge in [-0.25, -0.2) is 4.79 Å². The standard InChI is InChI=1S/C9H14O3/c1-5-8(11-6-2)12-9(10)7(3)4/h5,8H,1,3,6H2,2,4H3. The molecule has 3 nitrogen and oxygen atoms in total. The van der Waals surface area contributed by atoms with Crippen molar-refractivity contribution in [2.45, 2.75) is 20.1 Å². The third kappa shape index (κ3) is 3.93. The second-order valence-electron chi connectivity index (χ2n) is 2.25. The van der Waals surface area contributed by atoms with Gasteiger partial charge in [-0.3, -0.25) is 0 Å². The second kappa shape index (κ2) is 5.55. The van der Waals surface area contributed by atoms with E-state index in [1.54, 1.807) is 6.92 Å².